The van der Waals surface area contributed by atoms with Gasteiger partial charge in [0.2, 0.25) is 0 Å². The second-order valence-electron chi connectivity index (χ2n) is 4.85. The SMILES string of the molecule is COc1cc2ncn([C@H]3COC[C@@H]3O)c(=O)c2cc1OC. The molecule has 0 unspecified atom stereocenters. The van der Waals surface area contributed by atoms with E-state index in [4.69, 9.17) is 14.2 Å². The Hall–Kier alpha value is -2.12. The van der Waals surface area contributed by atoms with Crippen LogP contribution >= 0.6 is 0 Å². The fourth-order valence-corrected chi connectivity index (χ4v) is 2.50. The predicted octanol–water partition coefficient (Wildman–Crippen LogP) is 0.346. The lowest BCUT2D eigenvalue weighted by molar-refractivity contribution is 0.119. The Morgan fingerprint density at radius 3 is 2.62 bits per heavy atom. The molecule has 7 heteroatoms. The Balaban J connectivity index is 2.18. The fourth-order valence-electron chi connectivity index (χ4n) is 2.50. The van der Waals surface area contributed by atoms with Gasteiger partial charge in [0.25, 0.3) is 5.56 Å². The van der Waals surface area contributed by atoms with Crippen molar-refractivity contribution in [2.24, 2.45) is 0 Å². The van der Waals surface area contributed by atoms with Crippen molar-refractivity contribution >= 4 is 10.9 Å². The molecule has 2 aromatic rings. The van der Waals surface area contributed by atoms with Crippen molar-refractivity contribution in [1.29, 1.82) is 0 Å². The summed E-state index contributed by atoms with van der Waals surface area (Å²) in [4.78, 5) is 16.9. The van der Waals surface area contributed by atoms with Crippen LogP contribution in [0.4, 0.5) is 0 Å². The molecule has 1 saturated heterocycles. The van der Waals surface area contributed by atoms with Crippen LogP contribution in [0.1, 0.15) is 6.04 Å². The summed E-state index contributed by atoms with van der Waals surface area (Å²) in [6.07, 6.45) is 0.723. The van der Waals surface area contributed by atoms with E-state index in [2.05, 4.69) is 4.98 Å². The third-order valence-electron chi connectivity index (χ3n) is 3.67. The normalized spacial score (nSPS) is 21.7. The minimum atomic E-state index is -0.706. The molecule has 1 N–H and O–H groups in total. The van der Waals surface area contributed by atoms with E-state index in [0.717, 1.165) is 0 Å². The first-order valence-corrected chi connectivity index (χ1v) is 6.54. The molecule has 2 atom stereocenters. The molecule has 0 aliphatic carbocycles. The molecule has 0 amide bonds. The summed E-state index contributed by atoms with van der Waals surface area (Å²) in [5.41, 5.74) is 0.276. The van der Waals surface area contributed by atoms with E-state index in [0.29, 0.717) is 29.0 Å². The van der Waals surface area contributed by atoms with Gasteiger partial charge >= 0.3 is 0 Å². The lowest BCUT2D eigenvalue weighted by atomic mass is 10.2. The molecule has 112 valence electrons. The van der Waals surface area contributed by atoms with Crippen molar-refractivity contribution in [3.8, 4) is 11.5 Å². The molecule has 0 bridgehead atoms. The fraction of sp³-hybridized carbons (Fsp3) is 0.429. The molecular weight excluding hydrogens is 276 g/mol. The van der Waals surface area contributed by atoms with Gasteiger partial charge in [-0.1, -0.05) is 0 Å². The molecule has 7 nitrogen and oxygen atoms in total. The molecular formula is C14H16N2O5. The van der Waals surface area contributed by atoms with Gasteiger partial charge in [-0.2, -0.15) is 0 Å². The van der Waals surface area contributed by atoms with Gasteiger partial charge in [-0.3, -0.25) is 9.36 Å². The number of benzene rings is 1. The van der Waals surface area contributed by atoms with Gasteiger partial charge in [0.1, 0.15) is 6.10 Å². The molecule has 1 fully saturated rings. The number of rotatable bonds is 3. The molecule has 0 spiro atoms. The van der Waals surface area contributed by atoms with Crippen molar-refractivity contribution in [3.05, 3.63) is 28.8 Å². The largest absolute Gasteiger partial charge is 0.493 e. The summed E-state index contributed by atoms with van der Waals surface area (Å²) in [7, 11) is 3.03. The number of ether oxygens (including phenoxy) is 3. The quantitative estimate of drug-likeness (QED) is 0.878. The zero-order valence-electron chi connectivity index (χ0n) is 11.8. The topological polar surface area (TPSA) is 82.8 Å². The zero-order valence-corrected chi connectivity index (χ0v) is 11.8. The number of aromatic nitrogens is 2. The summed E-state index contributed by atoms with van der Waals surface area (Å²) >= 11 is 0. The van der Waals surface area contributed by atoms with E-state index in [-0.39, 0.29) is 12.2 Å². The summed E-state index contributed by atoms with van der Waals surface area (Å²) in [5.74, 6) is 0.976. The molecule has 0 saturated carbocycles. The van der Waals surface area contributed by atoms with Gasteiger partial charge < -0.3 is 19.3 Å². The van der Waals surface area contributed by atoms with Crippen LogP contribution in [0.15, 0.2) is 23.3 Å². The van der Waals surface area contributed by atoms with E-state index < -0.39 is 12.1 Å². The number of methoxy groups -OCH3 is 2. The maximum atomic E-state index is 12.6. The molecule has 1 aliphatic heterocycles. The lowest BCUT2D eigenvalue weighted by Crippen LogP contribution is -2.31. The van der Waals surface area contributed by atoms with Gasteiger partial charge in [-0.05, 0) is 6.07 Å². The van der Waals surface area contributed by atoms with Crippen LogP contribution in [0.2, 0.25) is 0 Å². The minimum Gasteiger partial charge on any atom is -0.493 e. The summed E-state index contributed by atoms with van der Waals surface area (Å²) < 4.78 is 17.0. The first-order chi connectivity index (χ1) is 10.2. The standard InChI is InChI=1S/C14H16N2O5/c1-19-12-3-8-9(4-13(12)20-2)15-7-16(14(8)18)10-5-21-6-11(10)17/h3-4,7,10-11,17H,5-6H2,1-2H3/t10-,11-/m0/s1. The number of hydrogen-bond acceptors (Lipinski definition) is 6. The number of aliphatic hydroxyl groups excluding tert-OH is 1. The van der Waals surface area contributed by atoms with Gasteiger partial charge in [0, 0.05) is 6.07 Å². The second kappa shape index (κ2) is 5.34. The first kappa shape index (κ1) is 13.8. The van der Waals surface area contributed by atoms with Crippen molar-refractivity contribution in [1.82, 2.24) is 9.55 Å². The highest BCUT2D eigenvalue weighted by Gasteiger charge is 2.29. The first-order valence-electron chi connectivity index (χ1n) is 6.54. The number of aliphatic hydroxyl groups is 1. The minimum absolute atomic E-state index is 0.223. The van der Waals surface area contributed by atoms with Crippen LogP contribution in [0.5, 0.6) is 11.5 Å². The van der Waals surface area contributed by atoms with Crippen LogP contribution in [-0.4, -0.2) is 48.2 Å². The molecule has 0 radical (unpaired) electrons. The van der Waals surface area contributed by atoms with Crippen LogP contribution < -0.4 is 15.0 Å². The molecule has 3 rings (SSSR count). The smallest absolute Gasteiger partial charge is 0.261 e. The van der Waals surface area contributed by atoms with E-state index in [1.54, 1.807) is 12.1 Å². The van der Waals surface area contributed by atoms with E-state index in [1.165, 1.54) is 25.1 Å². The van der Waals surface area contributed by atoms with Crippen molar-refractivity contribution in [2.45, 2.75) is 12.1 Å². The Morgan fingerprint density at radius 2 is 2.00 bits per heavy atom. The highest BCUT2D eigenvalue weighted by molar-refractivity contribution is 5.81. The Kier molecular flexibility index (Phi) is 3.52. The molecule has 1 aliphatic rings. The summed E-state index contributed by atoms with van der Waals surface area (Å²) in [6.45, 7) is 0.516. The van der Waals surface area contributed by atoms with Crippen LogP contribution in [0.25, 0.3) is 10.9 Å². The Bertz CT molecular complexity index is 727. The van der Waals surface area contributed by atoms with Crippen LogP contribution in [0.3, 0.4) is 0 Å². The maximum Gasteiger partial charge on any atom is 0.261 e. The highest BCUT2D eigenvalue weighted by atomic mass is 16.5. The van der Waals surface area contributed by atoms with Gasteiger partial charge in [0.05, 0.1) is 50.7 Å². The zero-order chi connectivity index (χ0) is 15.0. The average molecular weight is 292 g/mol. The van der Waals surface area contributed by atoms with E-state index in [9.17, 15) is 9.90 Å². The van der Waals surface area contributed by atoms with Crippen molar-refractivity contribution in [3.63, 3.8) is 0 Å². The van der Waals surface area contributed by atoms with E-state index >= 15 is 0 Å². The second-order valence-corrected chi connectivity index (χ2v) is 4.85. The maximum absolute atomic E-state index is 12.6. The Labute approximate surface area is 120 Å². The van der Waals surface area contributed by atoms with Gasteiger partial charge in [-0.15, -0.1) is 0 Å². The number of fused-ring (bicyclic) bond motifs is 1. The van der Waals surface area contributed by atoms with Crippen molar-refractivity contribution < 1.29 is 19.3 Å². The monoisotopic (exact) mass is 292 g/mol. The highest BCUT2D eigenvalue weighted by Crippen LogP contribution is 2.30. The third kappa shape index (κ3) is 2.24. The molecule has 21 heavy (non-hydrogen) atoms. The third-order valence-corrected chi connectivity index (χ3v) is 3.67. The van der Waals surface area contributed by atoms with Crippen LogP contribution in [-0.2, 0) is 4.74 Å². The van der Waals surface area contributed by atoms with Gasteiger partial charge in [-0.25, -0.2) is 4.98 Å². The summed E-state index contributed by atoms with van der Waals surface area (Å²) in [5, 5.41) is 10.3. The number of hydrogen-bond donors (Lipinski definition) is 1. The lowest BCUT2D eigenvalue weighted by Gasteiger charge is -2.16. The van der Waals surface area contributed by atoms with Crippen molar-refractivity contribution in [2.75, 3.05) is 27.4 Å². The van der Waals surface area contributed by atoms with Gasteiger partial charge in [0.15, 0.2) is 11.5 Å². The summed E-state index contributed by atoms with van der Waals surface area (Å²) in [6, 6.07) is 2.84. The van der Waals surface area contributed by atoms with E-state index in [1.807, 2.05) is 0 Å². The van der Waals surface area contributed by atoms with Crippen LogP contribution in [0, 0.1) is 0 Å². The average Bonchev–Trinajstić information content (AvgIpc) is 2.92. The molecule has 2 heterocycles. The molecule has 1 aromatic carbocycles. The Morgan fingerprint density at radius 1 is 1.29 bits per heavy atom. The molecule has 1 aromatic heterocycles. The predicted molar refractivity (Wildman–Crippen MR) is 75.0 cm³/mol. The number of nitrogens with zero attached hydrogens (tertiary/aromatic N) is 2.